The summed E-state index contributed by atoms with van der Waals surface area (Å²) in [6.07, 6.45) is 6.86. The first-order valence-corrected chi connectivity index (χ1v) is 12.5. The molecular formula is C31H21FN6O2. The maximum absolute atomic E-state index is 14.0. The van der Waals surface area contributed by atoms with E-state index in [2.05, 4.69) is 30.1 Å². The van der Waals surface area contributed by atoms with E-state index in [-0.39, 0.29) is 5.75 Å². The molecule has 5 aromatic heterocycles. The summed E-state index contributed by atoms with van der Waals surface area (Å²) >= 11 is 0. The van der Waals surface area contributed by atoms with Crippen molar-refractivity contribution in [3.05, 3.63) is 109 Å². The summed E-state index contributed by atoms with van der Waals surface area (Å²) < 4.78 is 20.0. The zero-order valence-corrected chi connectivity index (χ0v) is 21.0. The largest absolute Gasteiger partial charge is 0.508 e. The van der Waals surface area contributed by atoms with Gasteiger partial charge in [0.2, 0.25) is 0 Å². The minimum absolute atomic E-state index is 0.160. The van der Waals surface area contributed by atoms with Crippen molar-refractivity contribution in [2.75, 3.05) is 0 Å². The molecule has 0 aliphatic carbocycles. The van der Waals surface area contributed by atoms with Crippen molar-refractivity contribution >= 4 is 21.9 Å². The van der Waals surface area contributed by atoms with Crippen LogP contribution in [0.15, 0.2) is 97.6 Å². The fraction of sp³-hybridized carbons (Fsp3) is 0.0323. The normalized spacial score (nSPS) is 11.3. The van der Waals surface area contributed by atoms with Crippen LogP contribution in [0, 0.1) is 5.82 Å². The van der Waals surface area contributed by atoms with E-state index in [9.17, 15) is 9.50 Å². The smallest absolute Gasteiger partial charge is 0.181 e. The molecule has 0 amide bonds. The summed E-state index contributed by atoms with van der Waals surface area (Å²) in [5, 5.41) is 19.0. The molecule has 2 aromatic carbocycles. The van der Waals surface area contributed by atoms with E-state index in [0.717, 1.165) is 50.4 Å². The highest BCUT2D eigenvalue weighted by Gasteiger charge is 2.16. The van der Waals surface area contributed by atoms with Crippen LogP contribution in [-0.2, 0) is 6.61 Å². The second kappa shape index (κ2) is 9.63. The van der Waals surface area contributed by atoms with Gasteiger partial charge in [0, 0.05) is 57.6 Å². The third-order valence-corrected chi connectivity index (χ3v) is 6.68. The Morgan fingerprint density at radius 1 is 0.825 bits per heavy atom. The Labute approximate surface area is 227 Å². The number of rotatable bonds is 6. The third-order valence-electron chi connectivity index (χ3n) is 6.68. The van der Waals surface area contributed by atoms with Crippen LogP contribution < -0.4 is 4.74 Å². The van der Waals surface area contributed by atoms with E-state index in [1.165, 1.54) is 12.1 Å². The Balaban J connectivity index is 1.25. The summed E-state index contributed by atoms with van der Waals surface area (Å²) in [5.74, 6) is -0.0357. The van der Waals surface area contributed by atoms with Crippen molar-refractivity contribution in [2.45, 2.75) is 6.61 Å². The van der Waals surface area contributed by atoms with Crippen molar-refractivity contribution in [2.24, 2.45) is 0 Å². The second-order valence-electron chi connectivity index (χ2n) is 9.38. The summed E-state index contributed by atoms with van der Waals surface area (Å²) in [7, 11) is 0. The lowest BCUT2D eigenvalue weighted by atomic mass is 10.1. The Morgan fingerprint density at radius 2 is 1.70 bits per heavy atom. The first-order valence-electron chi connectivity index (χ1n) is 12.5. The van der Waals surface area contributed by atoms with Crippen molar-refractivity contribution < 1.29 is 14.2 Å². The monoisotopic (exact) mass is 528 g/mol. The van der Waals surface area contributed by atoms with Crippen LogP contribution in [0.4, 0.5) is 4.39 Å². The molecular weight excluding hydrogens is 507 g/mol. The first-order chi connectivity index (χ1) is 19.6. The summed E-state index contributed by atoms with van der Waals surface area (Å²) in [4.78, 5) is 16.8. The number of hydrogen-bond acceptors (Lipinski definition) is 6. The number of pyridine rings is 3. The number of halogens is 1. The minimum Gasteiger partial charge on any atom is -0.508 e. The molecule has 194 valence electrons. The molecule has 3 N–H and O–H groups in total. The first kappa shape index (κ1) is 23.5. The summed E-state index contributed by atoms with van der Waals surface area (Å²) in [6.45, 7) is 0.446. The minimum atomic E-state index is -0.535. The highest BCUT2D eigenvalue weighted by Crippen LogP contribution is 2.35. The molecule has 0 saturated heterocycles. The lowest BCUT2D eigenvalue weighted by molar-refractivity contribution is 0.305. The van der Waals surface area contributed by atoms with E-state index in [1.807, 2.05) is 54.6 Å². The molecule has 8 nitrogen and oxygen atoms in total. The maximum atomic E-state index is 14.0. The number of nitrogens with one attached hydrogen (secondary N) is 2. The van der Waals surface area contributed by atoms with Crippen LogP contribution >= 0.6 is 0 Å². The molecule has 7 rings (SSSR count). The van der Waals surface area contributed by atoms with Gasteiger partial charge in [0.05, 0.1) is 23.3 Å². The van der Waals surface area contributed by atoms with Crippen LogP contribution in [0.3, 0.4) is 0 Å². The van der Waals surface area contributed by atoms with E-state index in [1.54, 1.807) is 24.8 Å². The number of phenols is 1. The van der Waals surface area contributed by atoms with E-state index in [0.29, 0.717) is 29.3 Å². The molecule has 5 heterocycles. The number of fused-ring (bicyclic) bond motifs is 2. The number of aromatic amines is 2. The number of nitrogens with zero attached hydrogens (tertiary/aromatic N) is 4. The average Bonchev–Trinajstić information content (AvgIpc) is 3.60. The Kier molecular flexibility index (Phi) is 5.67. The van der Waals surface area contributed by atoms with Crippen molar-refractivity contribution in [3.63, 3.8) is 0 Å². The summed E-state index contributed by atoms with van der Waals surface area (Å²) in [5.41, 5.74) is 6.72. The van der Waals surface area contributed by atoms with Gasteiger partial charge in [-0.2, -0.15) is 5.10 Å². The van der Waals surface area contributed by atoms with Crippen LogP contribution in [0.25, 0.3) is 55.7 Å². The number of phenolic OH excluding ortho intramolecular Hbond substituents is 1. The Hall–Kier alpha value is -5.57. The Bertz CT molecular complexity index is 1980. The fourth-order valence-electron chi connectivity index (χ4n) is 4.79. The summed E-state index contributed by atoms with van der Waals surface area (Å²) in [6, 6.07) is 21.6. The van der Waals surface area contributed by atoms with Gasteiger partial charge >= 0.3 is 0 Å². The number of hydrogen-bond donors (Lipinski definition) is 3. The van der Waals surface area contributed by atoms with Crippen molar-refractivity contribution in [1.29, 1.82) is 0 Å². The molecule has 0 aliphatic rings. The number of H-pyrrole nitrogens is 2. The van der Waals surface area contributed by atoms with Gasteiger partial charge < -0.3 is 14.8 Å². The van der Waals surface area contributed by atoms with Crippen molar-refractivity contribution in [1.82, 2.24) is 30.1 Å². The molecule has 0 spiro atoms. The second-order valence-corrected chi connectivity index (χ2v) is 9.38. The van der Waals surface area contributed by atoms with Gasteiger partial charge in [0.15, 0.2) is 5.65 Å². The molecule has 0 atom stereocenters. The molecule has 0 aliphatic heterocycles. The third kappa shape index (κ3) is 4.39. The van der Waals surface area contributed by atoms with Gasteiger partial charge in [-0.1, -0.05) is 30.3 Å². The standard InChI is InChI=1S/C31H21FN6O2/c32-22-8-19(9-23(39)12-22)29-25-13-28(36-27(25)6-7-34-29)30-26-11-21(15-35-31(26)38-37-30)20-10-24(16-33-14-20)40-17-18-4-2-1-3-5-18/h1-16,36,39H,17H2,(H,35,37,38). The molecule has 0 saturated carbocycles. The van der Waals surface area contributed by atoms with E-state index < -0.39 is 5.82 Å². The zero-order valence-electron chi connectivity index (χ0n) is 21.0. The van der Waals surface area contributed by atoms with Crippen molar-refractivity contribution in [3.8, 4) is 45.3 Å². The predicted octanol–water partition coefficient (Wildman–Crippen LogP) is 6.65. The predicted molar refractivity (Wildman–Crippen MR) is 150 cm³/mol. The van der Waals surface area contributed by atoms with E-state index >= 15 is 0 Å². The average molecular weight is 529 g/mol. The lowest BCUT2D eigenvalue weighted by Gasteiger charge is -2.08. The zero-order chi connectivity index (χ0) is 27.1. The highest BCUT2D eigenvalue weighted by atomic mass is 19.1. The SMILES string of the molecule is Oc1cc(F)cc(-c2nccc3[nH]c(-c4[nH]nc5ncc(-c6cncc(OCc7ccccc7)c6)cc45)cc23)c1. The topological polar surface area (TPSA) is 113 Å². The highest BCUT2D eigenvalue weighted by molar-refractivity contribution is 6.00. The van der Waals surface area contributed by atoms with Crippen LogP contribution in [0.5, 0.6) is 11.5 Å². The number of benzene rings is 2. The van der Waals surface area contributed by atoms with Gasteiger partial charge in [0.25, 0.3) is 0 Å². The van der Waals surface area contributed by atoms with Gasteiger partial charge in [-0.05, 0) is 42.0 Å². The van der Waals surface area contributed by atoms with E-state index in [4.69, 9.17) is 4.74 Å². The van der Waals surface area contributed by atoms with Crippen LogP contribution in [-0.4, -0.2) is 35.2 Å². The number of ether oxygens (including phenoxy) is 1. The fourth-order valence-corrected chi connectivity index (χ4v) is 4.79. The Morgan fingerprint density at radius 3 is 2.58 bits per heavy atom. The van der Waals surface area contributed by atoms with Gasteiger partial charge in [-0.15, -0.1) is 0 Å². The van der Waals surface area contributed by atoms with Gasteiger partial charge in [0.1, 0.15) is 23.9 Å². The molecule has 0 unspecified atom stereocenters. The van der Waals surface area contributed by atoms with Gasteiger partial charge in [-0.25, -0.2) is 9.37 Å². The quantitative estimate of drug-likeness (QED) is 0.223. The molecule has 0 fully saturated rings. The van der Waals surface area contributed by atoms with Crippen LogP contribution in [0.1, 0.15) is 5.56 Å². The molecule has 9 heteroatoms. The molecule has 0 radical (unpaired) electrons. The lowest BCUT2D eigenvalue weighted by Crippen LogP contribution is -1.96. The molecule has 40 heavy (non-hydrogen) atoms. The molecule has 7 aromatic rings. The number of aromatic nitrogens is 6. The van der Waals surface area contributed by atoms with Gasteiger partial charge in [-0.3, -0.25) is 15.1 Å². The maximum Gasteiger partial charge on any atom is 0.181 e. The molecule has 0 bridgehead atoms. The number of aromatic hydroxyl groups is 1. The van der Waals surface area contributed by atoms with Crippen LogP contribution in [0.2, 0.25) is 0 Å².